The molecule has 0 spiro atoms. The predicted molar refractivity (Wildman–Crippen MR) is 135 cm³/mol. The molecule has 1 N–H and O–H groups in total. The molecule has 0 radical (unpaired) electrons. The van der Waals surface area contributed by atoms with Crippen LogP contribution in [0.4, 0.5) is 15.8 Å². The van der Waals surface area contributed by atoms with Crippen LogP contribution in [0.15, 0.2) is 67.0 Å². The van der Waals surface area contributed by atoms with Gasteiger partial charge in [-0.05, 0) is 73.0 Å². The van der Waals surface area contributed by atoms with Gasteiger partial charge in [-0.2, -0.15) is 0 Å². The number of anilines is 2. The molecule has 2 aromatic heterocycles. The molecule has 1 aliphatic heterocycles. The van der Waals surface area contributed by atoms with Gasteiger partial charge in [-0.25, -0.2) is 4.39 Å². The maximum Gasteiger partial charge on any atom is 0.255 e. The monoisotopic (exact) mass is 496 g/mol. The van der Waals surface area contributed by atoms with E-state index in [2.05, 4.69) is 15.3 Å². The van der Waals surface area contributed by atoms with E-state index >= 15 is 0 Å². The third-order valence-electron chi connectivity index (χ3n) is 5.24. The summed E-state index contributed by atoms with van der Waals surface area (Å²) in [6.07, 6.45) is 4.42. The number of aromatic nitrogens is 2. The van der Waals surface area contributed by atoms with E-state index < -0.39 is 11.7 Å². The second-order valence-electron chi connectivity index (χ2n) is 7.33. The first-order valence-electron chi connectivity index (χ1n) is 10.3. The number of fused-ring (bicyclic) bond motifs is 1. The Kier molecular flexibility index (Phi) is 7.34. The van der Waals surface area contributed by atoms with Crippen LogP contribution in [0.5, 0.6) is 0 Å². The number of rotatable bonds is 4. The highest BCUT2D eigenvalue weighted by molar-refractivity contribution is 8.00. The van der Waals surface area contributed by atoms with Crippen LogP contribution in [0.3, 0.4) is 0 Å². The van der Waals surface area contributed by atoms with Crippen molar-refractivity contribution in [2.45, 2.75) is 6.42 Å². The molecule has 1 amide bonds. The average molecular weight is 497 g/mol. The summed E-state index contributed by atoms with van der Waals surface area (Å²) in [4.78, 5) is 35.6. The van der Waals surface area contributed by atoms with Crippen molar-refractivity contribution in [1.82, 2.24) is 9.97 Å². The molecule has 0 unspecified atom stereocenters. The Bertz CT molecular complexity index is 1350. The van der Waals surface area contributed by atoms with Gasteiger partial charge < -0.3 is 9.62 Å². The van der Waals surface area contributed by atoms with Gasteiger partial charge in [-0.3, -0.25) is 14.8 Å². The summed E-state index contributed by atoms with van der Waals surface area (Å²) in [5.41, 5.74) is 3.45. The summed E-state index contributed by atoms with van der Waals surface area (Å²) < 4.78 is 16.5. The molecule has 34 heavy (non-hydrogen) atoms. The Morgan fingerprint density at radius 2 is 1.91 bits per heavy atom. The van der Waals surface area contributed by atoms with Crippen LogP contribution in [0.1, 0.15) is 16.8 Å². The lowest BCUT2D eigenvalue weighted by molar-refractivity contribution is 0.102. The second-order valence-corrected chi connectivity index (χ2v) is 8.85. The zero-order valence-corrected chi connectivity index (χ0v) is 19.3. The predicted octanol–water partition coefficient (Wildman–Crippen LogP) is 6.27. The second kappa shape index (κ2) is 10.6. The summed E-state index contributed by atoms with van der Waals surface area (Å²) in [6.45, 7) is 0.804. The molecule has 0 aliphatic carbocycles. The Hall–Kier alpha value is -3.56. The van der Waals surface area contributed by atoms with Crippen LogP contribution in [0, 0.1) is 15.7 Å². The number of pyridine rings is 2. The Morgan fingerprint density at radius 1 is 1.06 bits per heavy atom. The minimum absolute atomic E-state index is 0.249. The lowest BCUT2D eigenvalue weighted by atomic mass is 10.1. The van der Waals surface area contributed by atoms with Gasteiger partial charge in [0.25, 0.3) is 5.91 Å². The summed E-state index contributed by atoms with van der Waals surface area (Å²) in [5.74, 6) is 0.170. The Balaban J connectivity index is 0.00000133. The van der Waals surface area contributed by atoms with Crippen LogP contribution < -0.4 is 9.62 Å². The van der Waals surface area contributed by atoms with Gasteiger partial charge in [-0.15, -0.1) is 0 Å². The molecule has 4 aromatic rings. The van der Waals surface area contributed by atoms with E-state index in [1.807, 2.05) is 22.5 Å². The molecule has 0 saturated carbocycles. The third kappa shape index (κ3) is 4.85. The van der Waals surface area contributed by atoms with E-state index in [1.165, 1.54) is 6.07 Å². The number of halogens is 2. The number of nitrogens with one attached hydrogen (secondary N) is 1. The van der Waals surface area contributed by atoms with Gasteiger partial charge in [0.1, 0.15) is 5.82 Å². The number of nitrogens with zero attached hydrogens (tertiary/aromatic N) is 3. The van der Waals surface area contributed by atoms with E-state index in [9.17, 15) is 9.18 Å². The van der Waals surface area contributed by atoms with Gasteiger partial charge in [-0.1, -0.05) is 11.6 Å². The summed E-state index contributed by atoms with van der Waals surface area (Å²) in [6, 6.07) is 15.3. The first kappa shape index (κ1) is 23.6. The Morgan fingerprint density at radius 3 is 2.68 bits per heavy atom. The maximum absolute atomic E-state index is 14.6. The van der Waals surface area contributed by atoms with E-state index in [0.29, 0.717) is 27.7 Å². The molecular weight excluding hydrogens is 479 g/mol. The molecule has 1 fully saturated rings. The van der Waals surface area contributed by atoms with Crippen molar-refractivity contribution in [2.24, 2.45) is 0 Å². The van der Waals surface area contributed by atoms with Crippen molar-refractivity contribution in [1.29, 1.82) is 0 Å². The third-order valence-corrected chi connectivity index (χ3v) is 6.73. The number of carbonyl (C=O) groups is 1. The SMILES string of the molecule is O=C(Nc1ccc(Cl)c(-c2nccc3ncccc23)c1)c1ccc(N2CCCS2)c(F)c1.O=O. The fourth-order valence-electron chi connectivity index (χ4n) is 3.69. The van der Waals surface area contributed by atoms with Crippen molar-refractivity contribution < 1.29 is 9.18 Å². The molecule has 1 saturated heterocycles. The number of carbonyl (C=O) groups excluding carboxylic acids is 1. The molecule has 0 atom stereocenters. The highest BCUT2D eigenvalue weighted by Crippen LogP contribution is 2.34. The number of hydrogen-bond acceptors (Lipinski definition) is 7. The van der Waals surface area contributed by atoms with Gasteiger partial charge in [0, 0.05) is 56.8 Å². The van der Waals surface area contributed by atoms with Gasteiger partial charge in [0.15, 0.2) is 0 Å². The highest BCUT2D eigenvalue weighted by atomic mass is 35.5. The summed E-state index contributed by atoms with van der Waals surface area (Å²) in [5, 5.41) is 4.20. The van der Waals surface area contributed by atoms with E-state index in [-0.39, 0.29) is 5.56 Å². The largest absolute Gasteiger partial charge is 0.322 e. The fourth-order valence-corrected chi connectivity index (χ4v) is 4.92. The molecule has 1 aliphatic rings. The standard InChI is InChI=1S/C24H18ClFN4OS.O2/c25-19-6-5-16(14-18(19)23-17-3-1-9-27-21(17)8-10-28-23)29-24(31)15-4-7-22(20(26)13-15)30-11-2-12-32-30;1-2/h1,3-10,13-14H,2,11-12H2,(H,29,31);. The van der Waals surface area contributed by atoms with Crippen LogP contribution in [-0.4, -0.2) is 28.2 Å². The van der Waals surface area contributed by atoms with Crippen molar-refractivity contribution >= 4 is 51.7 Å². The van der Waals surface area contributed by atoms with Crippen molar-refractivity contribution in [3.63, 3.8) is 0 Å². The lowest BCUT2D eigenvalue weighted by Crippen LogP contribution is -2.14. The first-order valence-corrected chi connectivity index (χ1v) is 11.6. The topological polar surface area (TPSA) is 92.3 Å². The highest BCUT2D eigenvalue weighted by Gasteiger charge is 2.19. The van der Waals surface area contributed by atoms with Gasteiger partial charge >= 0.3 is 0 Å². The van der Waals surface area contributed by atoms with Crippen molar-refractivity contribution in [2.75, 3.05) is 21.9 Å². The number of benzene rings is 2. The van der Waals surface area contributed by atoms with Crippen molar-refractivity contribution in [3.8, 4) is 11.3 Å². The maximum atomic E-state index is 14.6. The zero-order valence-electron chi connectivity index (χ0n) is 17.7. The zero-order chi connectivity index (χ0) is 24.1. The summed E-state index contributed by atoms with van der Waals surface area (Å²) in [7, 11) is 0. The first-order chi connectivity index (χ1) is 16.6. The van der Waals surface area contributed by atoms with Crippen LogP contribution >= 0.6 is 23.5 Å². The van der Waals surface area contributed by atoms with Crippen LogP contribution in [0.2, 0.25) is 5.02 Å². The fraction of sp³-hybridized carbons (Fsp3) is 0.125. The quantitative estimate of drug-likeness (QED) is 0.333. The van der Waals surface area contributed by atoms with E-state index in [1.54, 1.807) is 54.7 Å². The molecule has 3 heterocycles. The number of hydrogen-bond donors (Lipinski definition) is 1. The van der Waals surface area contributed by atoms with Crippen molar-refractivity contribution in [3.05, 3.63) is 93.3 Å². The minimum Gasteiger partial charge on any atom is -0.322 e. The average Bonchev–Trinajstić information content (AvgIpc) is 3.41. The molecule has 2 aromatic carbocycles. The smallest absolute Gasteiger partial charge is 0.255 e. The normalized spacial score (nSPS) is 12.8. The molecule has 172 valence electrons. The molecule has 0 bridgehead atoms. The van der Waals surface area contributed by atoms with E-state index in [4.69, 9.17) is 21.5 Å². The summed E-state index contributed by atoms with van der Waals surface area (Å²) >= 11 is 8.05. The Labute approximate surface area is 203 Å². The lowest BCUT2D eigenvalue weighted by Gasteiger charge is -2.17. The molecule has 10 heteroatoms. The minimum atomic E-state index is -0.406. The number of amides is 1. The molecule has 5 rings (SSSR count). The molecular formula is C24H18ClFN4O3S. The van der Waals surface area contributed by atoms with Gasteiger partial charge in [0.2, 0.25) is 0 Å². The van der Waals surface area contributed by atoms with Crippen LogP contribution in [0.25, 0.3) is 22.2 Å². The van der Waals surface area contributed by atoms with E-state index in [0.717, 1.165) is 29.6 Å². The van der Waals surface area contributed by atoms with Crippen LogP contribution in [-0.2, 0) is 0 Å². The van der Waals surface area contributed by atoms with Gasteiger partial charge in [0.05, 0.1) is 21.9 Å². The molecule has 7 nitrogen and oxygen atoms in total.